The summed E-state index contributed by atoms with van der Waals surface area (Å²) in [4.78, 5) is 11.7. The van der Waals surface area contributed by atoms with Crippen molar-refractivity contribution < 1.29 is 9.90 Å². The summed E-state index contributed by atoms with van der Waals surface area (Å²) in [5.41, 5.74) is 8.04. The van der Waals surface area contributed by atoms with Gasteiger partial charge in [0.25, 0.3) is 0 Å². The number of hydrogen-bond donors (Lipinski definition) is 3. The molecule has 0 heterocycles. The van der Waals surface area contributed by atoms with Crippen LogP contribution in [0.4, 0.5) is 11.4 Å². The Morgan fingerprint density at radius 3 is 2.89 bits per heavy atom. The molecule has 0 saturated carbocycles. The monoisotopic (exact) mass is 268 g/mol. The summed E-state index contributed by atoms with van der Waals surface area (Å²) < 4.78 is 0. The zero-order valence-electron chi connectivity index (χ0n) is 10.8. The second-order valence-electron chi connectivity index (χ2n) is 4.39. The molecule has 0 aromatic heterocycles. The lowest BCUT2D eigenvalue weighted by Crippen LogP contribution is -2.17. The van der Waals surface area contributed by atoms with Crippen LogP contribution in [0.5, 0.6) is 0 Å². The predicted octanol–water partition coefficient (Wildman–Crippen LogP) is 1.88. The van der Waals surface area contributed by atoms with Crippen LogP contribution in [0.25, 0.3) is 0 Å². The number of amides is 1. The van der Waals surface area contributed by atoms with Crippen molar-refractivity contribution in [2.24, 2.45) is 5.92 Å². The number of benzene rings is 1. The zero-order valence-corrected chi connectivity index (χ0v) is 11.6. The fraction of sp³-hybridized carbons (Fsp3) is 0.462. The number of aliphatic hydroxyl groups is 1. The molecule has 5 heteroatoms. The molecule has 0 radical (unpaired) electrons. The van der Waals surface area contributed by atoms with E-state index in [0.29, 0.717) is 17.1 Å². The van der Waals surface area contributed by atoms with E-state index in [2.05, 4.69) is 5.32 Å². The van der Waals surface area contributed by atoms with E-state index in [9.17, 15) is 4.79 Å². The summed E-state index contributed by atoms with van der Waals surface area (Å²) in [5, 5.41) is 11.7. The van der Waals surface area contributed by atoms with Crippen molar-refractivity contribution in [3.05, 3.63) is 23.8 Å². The number of nitrogen functional groups attached to an aromatic ring is 1. The lowest BCUT2D eigenvalue weighted by molar-refractivity contribution is -0.113. The van der Waals surface area contributed by atoms with Crippen LogP contribution in [0.15, 0.2) is 18.2 Å². The number of hydrogen-bond acceptors (Lipinski definition) is 4. The summed E-state index contributed by atoms with van der Waals surface area (Å²) in [6.45, 7) is 4.01. The van der Waals surface area contributed by atoms with Crippen LogP contribution in [-0.4, -0.2) is 29.1 Å². The van der Waals surface area contributed by atoms with E-state index >= 15 is 0 Å². The molecule has 0 spiro atoms. The highest BCUT2D eigenvalue weighted by molar-refractivity contribution is 7.99. The number of rotatable bonds is 6. The average molecular weight is 268 g/mol. The molecule has 0 bridgehead atoms. The maximum atomic E-state index is 11.7. The van der Waals surface area contributed by atoms with Gasteiger partial charge in [-0.2, -0.15) is 11.8 Å². The van der Waals surface area contributed by atoms with Crippen molar-refractivity contribution >= 4 is 29.0 Å². The lowest BCUT2D eigenvalue weighted by Gasteiger charge is -2.11. The van der Waals surface area contributed by atoms with Crippen molar-refractivity contribution in [1.29, 1.82) is 0 Å². The minimum Gasteiger partial charge on any atom is -0.397 e. The number of nitrogens with one attached hydrogen (secondary N) is 1. The molecule has 1 aromatic carbocycles. The highest BCUT2D eigenvalue weighted by atomic mass is 32.2. The molecule has 0 saturated heterocycles. The third kappa shape index (κ3) is 4.58. The Morgan fingerprint density at radius 2 is 2.28 bits per heavy atom. The molecule has 4 nitrogen and oxygen atoms in total. The number of para-hydroxylation sites is 1. The molecule has 1 atom stereocenters. The van der Waals surface area contributed by atoms with E-state index in [0.717, 1.165) is 11.3 Å². The van der Waals surface area contributed by atoms with Gasteiger partial charge in [0.15, 0.2) is 0 Å². The molecule has 0 aliphatic heterocycles. The Bertz CT molecular complexity index is 390. The van der Waals surface area contributed by atoms with Crippen LogP contribution in [0, 0.1) is 12.8 Å². The van der Waals surface area contributed by atoms with Crippen molar-refractivity contribution in [2.75, 3.05) is 29.2 Å². The molecule has 0 aliphatic rings. The van der Waals surface area contributed by atoms with Crippen LogP contribution in [-0.2, 0) is 4.79 Å². The van der Waals surface area contributed by atoms with Gasteiger partial charge in [0.1, 0.15) is 0 Å². The van der Waals surface area contributed by atoms with E-state index in [4.69, 9.17) is 10.8 Å². The van der Waals surface area contributed by atoms with E-state index in [-0.39, 0.29) is 18.4 Å². The third-order valence-corrected chi connectivity index (χ3v) is 3.79. The molecule has 1 rings (SSSR count). The van der Waals surface area contributed by atoms with E-state index in [1.807, 2.05) is 26.0 Å². The zero-order chi connectivity index (χ0) is 13.5. The molecule has 100 valence electrons. The van der Waals surface area contributed by atoms with Crippen LogP contribution >= 0.6 is 11.8 Å². The number of aliphatic hydroxyl groups excluding tert-OH is 1. The van der Waals surface area contributed by atoms with E-state index < -0.39 is 0 Å². The van der Waals surface area contributed by atoms with Crippen LogP contribution in [0.3, 0.4) is 0 Å². The normalized spacial score (nSPS) is 12.2. The van der Waals surface area contributed by atoms with Crippen LogP contribution in [0.2, 0.25) is 0 Å². The van der Waals surface area contributed by atoms with Gasteiger partial charge < -0.3 is 16.2 Å². The molecular formula is C13H20N2O2S. The maximum absolute atomic E-state index is 11.7. The number of carbonyl (C=O) groups excluding carboxylic acids is 1. The van der Waals surface area contributed by atoms with Gasteiger partial charge in [-0.25, -0.2) is 0 Å². The Kier molecular flexibility index (Phi) is 6.01. The number of carbonyl (C=O) groups is 1. The Balaban J connectivity index is 2.45. The second kappa shape index (κ2) is 7.28. The highest BCUT2D eigenvalue weighted by Crippen LogP contribution is 2.22. The van der Waals surface area contributed by atoms with Gasteiger partial charge in [0, 0.05) is 6.61 Å². The largest absolute Gasteiger partial charge is 0.397 e. The lowest BCUT2D eigenvalue weighted by atomic mass is 10.1. The summed E-state index contributed by atoms with van der Waals surface area (Å²) in [7, 11) is 0. The first kappa shape index (κ1) is 14.9. The minimum atomic E-state index is -0.0638. The van der Waals surface area contributed by atoms with Gasteiger partial charge in [0.2, 0.25) is 5.91 Å². The quantitative estimate of drug-likeness (QED) is 0.689. The first-order valence-corrected chi connectivity index (χ1v) is 7.03. The van der Waals surface area contributed by atoms with E-state index in [1.165, 1.54) is 11.8 Å². The van der Waals surface area contributed by atoms with Gasteiger partial charge in [0.05, 0.1) is 17.1 Å². The van der Waals surface area contributed by atoms with Crippen molar-refractivity contribution in [1.82, 2.24) is 0 Å². The van der Waals surface area contributed by atoms with Gasteiger partial charge in [-0.3, -0.25) is 4.79 Å². The van der Waals surface area contributed by atoms with Gasteiger partial charge >= 0.3 is 0 Å². The van der Waals surface area contributed by atoms with Crippen molar-refractivity contribution in [2.45, 2.75) is 13.8 Å². The molecule has 1 unspecified atom stereocenters. The van der Waals surface area contributed by atoms with Crippen LogP contribution < -0.4 is 11.1 Å². The van der Waals surface area contributed by atoms with Crippen molar-refractivity contribution in [3.8, 4) is 0 Å². The first-order chi connectivity index (χ1) is 8.54. The molecule has 4 N–H and O–H groups in total. The molecular weight excluding hydrogens is 248 g/mol. The maximum Gasteiger partial charge on any atom is 0.234 e. The topological polar surface area (TPSA) is 75.3 Å². The van der Waals surface area contributed by atoms with Crippen LogP contribution in [0.1, 0.15) is 12.5 Å². The summed E-state index contributed by atoms with van der Waals surface area (Å²) >= 11 is 1.51. The summed E-state index contributed by atoms with van der Waals surface area (Å²) in [6, 6.07) is 5.54. The minimum absolute atomic E-state index is 0.0638. The molecule has 1 aromatic rings. The SMILES string of the molecule is Cc1cccc(N)c1NC(=O)CSCC(C)CO. The fourth-order valence-corrected chi connectivity index (χ4v) is 2.33. The van der Waals surface area contributed by atoms with Gasteiger partial charge in [-0.05, 0) is 30.2 Å². The number of nitrogens with two attached hydrogens (primary N) is 1. The highest BCUT2D eigenvalue weighted by Gasteiger charge is 2.08. The standard InChI is InChI=1S/C13H20N2O2S/c1-9(6-16)7-18-8-12(17)15-13-10(2)4-3-5-11(13)14/h3-5,9,16H,6-8,14H2,1-2H3,(H,15,17). The summed E-state index contributed by atoms with van der Waals surface area (Å²) in [6.07, 6.45) is 0. The Hall–Kier alpha value is -1.20. The molecule has 18 heavy (non-hydrogen) atoms. The molecule has 1 amide bonds. The number of anilines is 2. The smallest absolute Gasteiger partial charge is 0.234 e. The number of thioether (sulfide) groups is 1. The molecule has 0 aliphatic carbocycles. The third-order valence-electron chi connectivity index (χ3n) is 2.52. The second-order valence-corrected chi connectivity index (χ2v) is 5.42. The fourth-order valence-electron chi connectivity index (χ4n) is 1.44. The Labute approximate surface area is 112 Å². The van der Waals surface area contributed by atoms with Gasteiger partial charge in [-0.1, -0.05) is 19.1 Å². The first-order valence-electron chi connectivity index (χ1n) is 5.88. The van der Waals surface area contributed by atoms with Gasteiger partial charge in [-0.15, -0.1) is 0 Å². The van der Waals surface area contributed by atoms with Crippen molar-refractivity contribution in [3.63, 3.8) is 0 Å². The molecule has 0 fully saturated rings. The van der Waals surface area contributed by atoms with E-state index in [1.54, 1.807) is 6.07 Å². The number of aryl methyl sites for hydroxylation is 1. The Morgan fingerprint density at radius 1 is 1.56 bits per heavy atom. The predicted molar refractivity (Wildman–Crippen MR) is 77.8 cm³/mol. The summed E-state index contributed by atoms with van der Waals surface area (Å²) in [5.74, 6) is 1.29. The average Bonchev–Trinajstić information content (AvgIpc) is 2.34.